The molecule has 0 radical (unpaired) electrons. The van der Waals surface area contributed by atoms with Gasteiger partial charge in [-0.25, -0.2) is 9.18 Å². The predicted molar refractivity (Wildman–Crippen MR) is 99.6 cm³/mol. The van der Waals surface area contributed by atoms with Gasteiger partial charge in [0.2, 0.25) is 0 Å². The molecule has 2 aromatic rings. The lowest BCUT2D eigenvalue weighted by Crippen LogP contribution is -2.29. The molecule has 0 bridgehead atoms. The third kappa shape index (κ3) is 6.24. The number of rotatable bonds is 5. The summed E-state index contributed by atoms with van der Waals surface area (Å²) in [5.41, 5.74) is 1.34. The number of alkyl carbamates (subject to hydrolysis) is 1. The average molecular weight is 404 g/mol. The maximum absolute atomic E-state index is 13.6. The molecular weight excluding hydrogens is 385 g/mol. The second-order valence-corrected chi connectivity index (χ2v) is 6.22. The lowest BCUT2D eigenvalue weighted by Gasteiger charge is -2.15. The maximum atomic E-state index is 13.6. The molecule has 0 spiro atoms. The lowest BCUT2D eigenvalue weighted by molar-refractivity contribution is 0.142. The zero-order valence-corrected chi connectivity index (χ0v) is 15.5. The van der Waals surface area contributed by atoms with Crippen LogP contribution in [0.1, 0.15) is 36.9 Å². The van der Waals surface area contributed by atoms with Gasteiger partial charge in [-0.3, -0.25) is 0 Å². The Labute approximate surface area is 155 Å². The molecule has 0 fully saturated rings. The molecule has 0 aliphatic carbocycles. The van der Waals surface area contributed by atoms with Gasteiger partial charge in [0.15, 0.2) is 0 Å². The highest BCUT2D eigenvalue weighted by molar-refractivity contribution is 9.10. The predicted octanol–water partition coefficient (Wildman–Crippen LogP) is 5.21. The van der Waals surface area contributed by atoms with Gasteiger partial charge in [0, 0.05) is 15.6 Å². The fraction of sp³-hybridized carbons (Fsp3) is 0.250. The number of amides is 1. The van der Waals surface area contributed by atoms with Crippen LogP contribution in [0, 0.1) is 17.7 Å². The van der Waals surface area contributed by atoms with E-state index in [-0.39, 0.29) is 0 Å². The van der Waals surface area contributed by atoms with Crippen molar-refractivity contribution in [1.29, 1.82) is 0 Å². The molecule has 0 saturated carbocycles. The second kappa shape index (κ2) is 9.85. The molecule has 0 heterocycles. The van der Waals surface area contributed by atoms with Crippen molar-refractivity contribution in [1.82, 2.24) is 5.32 Å². The molecule has 1 unspecified atom stereocenters. The number of nitrogens with one attached hydrogen (secondary N) is 1. The summed E-state index contributed by atoms with van der Waals surface area (Å²) in [6, 6.07) is 13.0. The van der Waals surface area contributed by atoms with Gasteiger partial charge in [-0.15, -0.1) is 0 Å². The van der Waals surface area contributed by atoms with Crippen LogP contribution in [-0.4, -0.2) is 12.7 Å². The van der Waals surface area contributed by atoms with E-state index < -0.39 is 18.0 Å². The van der Waals surface area contributed by atoms with E-state index in [1.54, 1.807) is 6.07 Å². The van der Waals surface area contributed by atoms with Gasteiger partial charge < -0.3 is 10.1 Å². The minimum absolute atomic E-state index is 0.339. The van der Waals surface area contributed by atoms with Crippen molar-refractivity contribution < 1.29 is 13.9 Å². The van der Waals surface area contributed by atoms with Crippen LogP contribution in [-0.2, 0) is 4.74 Å². The summed E-state index contributed by atoms with van der Waals surface area (Å²) >= 11 is 3.38. The molecule has 0 aliphatic heterocycles. The summed E-state index contributed by atoms with van der Waals surface area (Å²) in [5.74, 6) is 5.58. The van der Waals surface area contributed by atoms with Crippen molar-refractivity contribution in [3.05, 3.63) is 69.9 Å². The Morgan fingerprint density at radius 1 is 1.28 bits per heavy atom. The van der Waals surface area contributed by atoms with E-state index in [0.717, 1.165) is 18.4 Å². The van der Waals surface area contributed by atoms with E-state index >= 15 is 0 Å². The fourth-order valence-corrected chi connectivity index (χ4v) is 2.55. The highest BCUT2D eigenvalue weighted by atomic mass is 79.9. The van der Waals surface area contributed by atoms with Crippen molar-refractivity contribution >= 4 is 22.0 Å². The van der Waals surface area contributed by atoms with Crippen LogP contribution in [0.25, 0.3) is 0 Å². The number of hydrogen-bond donors (Lipinski definition) is 1. The minimum Gasteiger partial charge on any atom is -0.450 e. The van der Waals surface area contributed by atoms with Crippen LogP contribution in [0.4, 0.5) is 9.18 Å². The van der Waals surface area contributed by atoms with Gasteiger partial charge in [-0.2, -0.15) is 0 Å². The Balaban J connectivity index is 2.24. The van der Waals surface area contributed by atoms with Gasteiger partial charge in [-0.1, -0.05) is 59.3 Å². The molecule has 3 nitrogen and oxygen atoms in total. The summed E-state index contributed by atoms with van der Waals surface area (Å²) < 4.78 is 19.4. The van der Waals surface area contributed by atoms with Crippen LogP contribution in [0.3, 0.4) is 0 Å². The third-order valence-corrected chi connectivity index (χ3v) is 4.12. The molecule has 25 heavy (non-hydrogen) atoms. The van der Waals surface area contributed by atoms with Gasteiger partial charge >= 0.3 is 6.09 Å². The molecule has 1 amide bonds. The number of carbonyl (C=O) groups excluding carboxylic acids is 1. The number of carbonyl (C=O) groups is 1. The van der Waals surface area contributed by atoms with Crippen molar-refractivity contribution in [2.75, 3.05) is 6.61 Å². The average Bonchev–Trinajstić information content (AvgIpc) is 2.62. The maximum Gasteiger partial charge on any atom is 0.408 e. The van der Waals surface area contributed by atoms with Gasteiger partial charge in [0.25, 0.3) is 0 Å². The fourth-order valence-electron chi connectivity index (χ4n) is 2.07. The van der Waals surface area contributed by atoms with Crippen LogP contribution in [0.2, 0.25) is 0 Å². The van der Waals surface area contributed by atoms with E-state index in [1.807, 2.05) is 37.3 Å². The Hall–Kier alpha value is -2.32. The summed E-state index contributed by atoms with van der Waals surface area (Å²) in [6.07, 6.45) is 1.15. The third-order valence-electron chi connectivity index (χ3n) is 3.40. The monoisotopic (exact) mass is 403 g/mol. The van der Waals surface area contributed by atoms with E-state index in [4.69, 9.17) is 4.74 Å². The summed E-state index contributed by atoms with van der Waals surface area (Å²) in [4.78, 5) is 12.0. The topological polar surface area (TPSA) is 38.3 Å². The second-order valence-electron chi connectivity index (χ2n) is 5.37. The van der Waals surface area contributed by atoms with Crippen LogP contribution in [0.15, 0.2) is 53.0 Å². The van der Waals surface area contributed by atoms with E-state index in [9.17, 15) is 9.18 Å². The van der Waals surface area contributed by atoms with Crippen molar-refractivity contribution in [2.24, 2.45) is 0 Å². The van der Waals surface area contributed by atoms with Crippen LogP contribution < -0.4 is 5.32 Å². The molecule has 1 N–H and O–H groups in total. The molecule has 5 heteroatoms. The van der Waals surface area contributed by atoms with E-state index in [0.29, 0.717) is 16.6 Å². The highest BCUT2D eigenvalue weighted by Gasteiger charge is 2.16. The number of hydrogen-bond acceptors (Lipinski definition) is 2. The zero-order chi connectivity index (χ0) is 18.1. The summed E-state index contributed by atoms with van der Waals surface area (Å²) in [7, 11) is 0. The van der Waals surface area contributed by atoms with E-state index in [1.165, 1.54) is 12.1 Å². The Morgan fingerprint density at radius 3 is 2.76 bits per heavy atom. The number of unbranched alkanes of at least 4 members (excludes halogenated alkanes) is 1. The smallest absolute Gasteiger partial charge is 0.408 e. The lowest BCUT2D eigenvalue weighted by atomic mass is 10.1. The molecule has 2 rings (SSSR count). The normalized spacial score (nSPS) is 11.2. The van der Waals surface area contributed by atoms with Crippen molar-refractivity contribution in [3.8, 4) is 11.8 Å². The highest BCUT2D eigenvalue weighted by Crippen LogP contribution is 2.24. The number of benzene rings is 2. The first-order chi connectivity index (χ1) is 12.1. The van der Waals surface area contributed by atoms with Gasteiger partial charge in [-0.05, 0) is 36.8 Å². The van der Waals surface area contributed by atoms with Crippen molar-refractivity contribution in [2.45, 2.75) is 25.8 Å². The first-order valence-corrected chi connectivity index (χ1v) is 8.84. The van der Waals surface area contributed by atoms with Crippen LogP contribution >= 0.6 is 15.9 Å². The molecule has 130 valence electrons. The SMILES string of the molecule is CCCCOC(=O)NC(C#Cc1ccccc1)c1cc(F)ccc1Br. The standard InChI is InChI=1S/C20H19BrFNO2/c1-2-3-13-25-20(24)23-19(12-9-15-7-5-4-6-8-15)17-14-16(22)10-11-18(17)21/h4-8,10-11,14,19H,2-3,13H2,1H3,(H,23,24). The van der Waals surface area contributed by atoms with Crippen LogP contribution in [0.5, 0.6) is 0 Å². The first kappa shape index (κ1) is 19.0. The molecule has 2 aromatic carbocycles. The zero-order valence-electron chi connectivity index (χ0n) is 13.9. The summed E-state index contributed by atoms with van der Waals surface area (Å²) in [6.45, 7) is 2.35. The molecule has 0 aromatic heterocycles. The summed E-state index contributed by atoms with van der Waals surface area (Å²) in [5, 5.41) is 2.70. The molecule has 1 atom stereocenters. The quantitative estimate of drug-likeness (QED) is 0.549. The largest absolute Gasteiger partial charge is 0.450 e. The van der Waals surface area contributed by atoms with Gasteiger partial charge in [0.1, 0.15) is 11.9 Å². The minimum atomic E-state index is -0.695. The number of halogens is 2. The van der Waals surface area contributed by atoms with Gasteiger partial charge in [0.05, 0.1) is 6.61 Å². The molecule has 0 aliphatic rings. The number of ether oxygens (including phenoxy) is 1. The van der Waals surface area contributed by atoms with Crippen molar-refractivity contribution in [3.63, 3.8) is 0 Å². The Kier molecular flexibility index (Phi) is 7.49. The molecular formula is C20H19BrFNO2. The Bertz CT molecular complexity index is 768. The van der Waals surface area contributed by atoms with E-state index in [2.05, 4.69) is 33.1 Å². The first-order valence-electron chi connectivity index (χ1n) is 8.05. The Morgan fingerprint density at radius 2 is 2.04 bits per heavy atom. The molecule has 0 saturated heterocycles.